The molecule has 0 atom stereocenters. The number of nitrogens with one attached hydrogen (secondary N) is 1. The molecule has 1 fully saturated rings. The van der Waals surface area contributed by atoms with Crippen molar-refractivity contribution in [2.45, 2.75) is 32.4 Å². The summed E-state index contributed by atoms with van der Waals surface area (Å²) in [7, 11) is 4.33. The number of piperidine rings is 1. The Kier molecular flexibility index (Phi) is 4.54. The SMILES string of the molecule is Cc1nc(CN(C)C2CC[NH+](C)CC2)sc1C(=O)[O-]. The van der Waals surface area contributed by atoms with Crippen LogP contribution in [0.2, 0.25) is 0 Å². The third kappa shape index (κ3) is 3.52. The molecule has 0 radical (unpaired) electrons. The number of carbonyl (C=O) groups excluding carboxylic acids is 1. The van der Waals surface area contributed by atoms with Gasteiger partial charge in [-0.05, 0) is 14.0 Å². The van der Waals surface area contributed by atoms with E-state index in [4.69, 9.17) is 0 Å². The fraction of sp³-hybridized carbons (Fsp3) is 0.692. The van der Waals surface area contributed by atoms with Crippen LogP contribution in [0.25, 0.3) is 0 Å². The monoisotopic (exact) mass is 283 g/mol. The predicted molar refractivity (Wildman–Crippen MR) is 72.3 cm³/mol. The molecule has 19 heavy (non-hydrogen) atoms. The van der Waals surface area contributed by atoms with Crippen LogP contribution in [0.4, 0.5) is 0 Å². The summed E-state index contributed by atoms with van der Waals surface area (Å²) in [4.78, 5) is 19.4. The summed E-state index contributed by atoms with van der Waals surface area (Å²) in [6.45, 7) is 4.86. The van der Waals surface area contributed by atoms with E-state index in [1.54, 1.807) is 11.8 Å². The Morgan fingerprint density at radius 1 is 1.53 bits per heavy atom. The molecule has 5 nitrogen and oxygen atoms in total. The van der Waals surface area contributed by atoms with Gasteiger partial charge in [-0.2, -0.15) is 0 Å². The van der Waals surface area contributed by atoms with E-state index in [1.165, 1.54) is 37.3 Å². The summed E-state index contributed by atoms with van der Waals surface area (Å²) >= 11 is 1.24. The Bertz CT molecular complexity index is 453. The molecule has 2 heterocycles. The first kappa shape index (κ1) is 14.4. The van der Waals surface area contributed by atoms with Crippen LogP contribution in [0.5, 0.6) is 0 Å². The van der Waals surface area contributed by atoms with Gasteiger partial charge in [-0.3, -0.25) is 4.90 Å². The molecular formula is C13H21N3O2S. The van der Waals surface area contributed by atoms with Gasteiger partial charge in [0, 0.05) is 18.9 Å². The average Bonchev–Trinajstić information content (AvgIpc) is 2.71. The van der Waals surface area contributed by atoms with Gasteiger partial charge in [-0.1, -0.05) is 0 Å². The smallest absolute Gasteiger partial charge is 0.108 e. The summed E-state index contributed by atoms with van der Waals surface area (Å²) in [5, 5.41) is 11.8. The van der Waals surface area contributed by atoms with E-state index >= 15 is 0 Å². The lowest BCUT2D eigenvalue weighted by molar-refractivity contribution is -0.885. The lowest BCUT2D eigenvalue weighted by atomic mass is 10.0. The maximum atomic E-state index is 10.9. The summed E-state index contributed by atoms with van der Waals surface area (Å²) in [6, 6.07) is 0.583. The molecule has 0 amide bonds. The Labute approximate surface area is 117 Å². The number of hydrogen-bond acceptors (Lipinski definition) is 5. The van der Waals surface area contributed by atoms with Crippen molar-refractivity contribution in [1.82, 2.24) is 9.88 Å². The minimum Gasteiger partial charge on any atom is -0.544 e. The number of rotatable bonds is 4. The van der Waals surface area contributed by atoms with Crippen LogP contribution in [0.15, 0.2) is 0 Å². The van der Waals surface area contributed by atoms with Crippen molar-refractivity contribution < 1.29 is 14.8 Å². The van der Waals surface area contributed by atoms with Crippen molar-refractivity contribution in [2.24, 2.45) is 0 Å². The molecule has 106 valence electrons. The number of quaternary nitrogens is 1. The lowest BCUT2D eigenvalue weighted by Crippen LogP contribution is -3.10. The van der Waals surface area contributed by atoms with Crippen molar-refractivity contribution >= 4 is 17.3 Å². The van der Waals surface area contributed by atoms with Crippen molar-refractivity contribution in [2.75, 3.05) is 27.2 Å². The number of aromatic nitrogens is 1. The Morgan fingerprint density at radius 2 is 2.16 bits per heavy atom. The zero-order valence-corrected chi connectivity index (χ0v) is 12.5. The fourth-order valence-electron chi connectivity index (χ4n) is 2.59. The number of carboxylic acid groups (broad SMARTS) is 1. The van der Waals surface area contributed by atoms with Crippen LogP contribution in [-0.2, 0) is 6.54 Å². The zero-order valence-electron chi connectivity index (χ0n) is 11.7. The molecule has 0 bridgehead atoms. The van der Waals surface area contributed by atoms with Crippen LogP contribution in [0.3, 0.4) is 0 Å². The molecule has 1 aliphatic heterocycles. The highest BCUT2D eigenvalue weighted by atomic mass is 32.1. The number of hydrogen-bond donors (Lipinski definition) is 1. The highest BCUT2D eigenvalue weighted by molar-refractivity contribution is 7.13. The minimum atomic E-state index is -1.12. The Balaban J connectivity index is 1.97. The van der Waals surface area contributed by atoms with Crippen LogP contribution in [-0.4, -0.2) is 49.1 Å². The molecule has 0 saturated carbocycles. The molecular weight excluding hydrogens is 262 g/mol. The quantitative estimate of drug-likeness (QED) is 0.764. The van der Waals surface area contributed by atoms with Crippen LogP contribution in [0.1, 0.15) is 33.2 Å². The third-order valence-corrected chi connectivity index (χ3v) is 4.97. The van der Waals surface area contributed by atoms with E-state index in [9.17, 15) is 9.90 Å². The van der Waals surface area contributed by atoms with Gasteiger partial charge in [-0.25, -0.2) is 4.98 Å². The Hall–Kier alpha value is -0.980. The molecule has 0 unspecified atom stereocenters. The first-order valence-electron chi connectivity index (χ1n) is 6.66. The third-order valence-electron chi connectivity index (χ3n) is 3.84. The van der Waals surface area contributed by atoms with E-state index in [0.717, 1.165) is 11.6 Å². The number of likely N-dealkylation sites (tertiary alicyclic amines) is 1. The van der Waals surface area contributed by atoms with E-state index in [1.807, 2.05) is 0 Å². The number of aromatic carboxylic acids is 1. The molecule has 0 aromatic carbocycles. The van der Waals surface area contributed by atoms with Crippen LogP contribution in [0, 0.1) is 6.92 Å². The molecule has 0 aliphatic carbocycles. The minimum absolute atomic E-state index is 0.260. The van der Waals surface area contributed by atoms with Crippen LogP contribution < -0.4 is 10.0 Å². The second-order valence-electron chi connectivity index (χ2n) is 5.41. The van der Waals surface area contributed by atoms with Gasteiger partial charge < -0.3 is 14.8 Å². The standard InChI is InChI=1S/C13H21N3O2S/c1-9-12(13(17)18)19-11(14-9)8-16(3)10-4-6-15(2)7-5-10/h10H,4-8H2,1-3H3,(H,17,18). The second-order valence-corrected chi connectivity index (χ2v) is 6.50. The maximum absolute atomic E-state index is 10.9. The van der Waals surface area contributed by atoms with E-state index in [-0.39, 0.29) is 4.88 Å². The first-order valence-corrected chi connectivity index (χ1v) is 7.48. The molecule has 1 aliphatic rings. The van der Waals surface area contributed by atoms with Gasteiger partial charge in [0.1, 0.15) is 5.01 Å². The number of nitrogens with zero attached hydrogens (tertiary/aromatic N) is 2. The van der Waals surface area contributed by atoms with Gasteiger partial charge in [-0.15, -0.1) is 11.3 Å². The van der Waals surface area contributed by atoms with Gasteiger partial charge >= 0.3 is 0 Å². The summed E-state index contributed by atoms with van der Waals surface area (Å²) < 4.78 is 0. The second kappa shape index (κ2) is 5.98. The fourth-order valence-corrected chi connectivity index (χ4v) is 3.55. The first-order chi connectivity index (χ1) is 8.97. The van der Waals surface area contributed by atoms with Crippen molar-refractivity contribution in [3.05, 3.63) is 15.6 Å². The summed E-state index contributed by atoms with van der Waals surface area (Å²) in [6.07, 6.45) is 2.39. The number of carboxylic acids is 1. The molecule has 1 N–H and O–H groups in total. The molecule has 1 saturated heterocycles. The molecule has 1 aromatic rings. The van der Waals surface area contributed by atoms with Crippen molar-refractivity contribution in [3.63, 3.8) is 0 Å². The van der Waals surface area contributed by atoms with Crippen molar-refractivity contribution in [1.29, 1.82) is 0 Å². The molecule has 2 rings (SSSR count). The highest BCUT2D eigenvalue weighted by Crippen LogP contribution is 2.20. The zero-order chi connectivity index (χ0) is 14.0. The summed E-state index contributed by atoms with van der Waals surface area (Å²) in [5.41, 5.74) is 0.571. The predicted octanol–water partition coefficient (Wildman–Crippen LogP) is -1.08. The van der Waals surface area contributed by atoms with Gasteiger partial charge in [0.25, 0.3) is 0 Å². The summed E-state index contributed by atoms with van der Waals surface area (Å²) in [5.74, 6) is -1.12. The van der Waals surface area contributed by atoms with E-state index in [2.05, 4.69) is 24.0 Å². The average molecular weight is 283 g/mol. The number of carbonyl (C=O) groups is 1. The lowest BCUT2D eigenvalue weighted by Gasteiger charge is -2.32. The number of thiazole rings is 1. The van der Waals surface area contributed by atoms with Gasteiger partial charge in [0.2, 0.25) is 0 Å². The Morgan fingerprint density at radius 3 is 2.68 bits per heavy atom. The van der Waals surface area contributed by atoms with E-state index < -0.39 is 5.97 Å². The molecule has 0 spiro atoms. The normalized spacial score (nSPS) is 23.8. The van der Waals surface area contributed by atoms with Crippen molar-refractivity contribution in [3.8, 4) is 0 Å². The van der Waals surface area contributed by atoms with Crippen LogP contribution >= 0.6 is 11.3 Å². The molecule has 1 aromatic heterocycles. The van der Waals surface area contributed by atoms with E-state index in [0.29, 0.717) is 11.7 Å². The molecule has 6 heteroatoms. The number of aryl methyl sites for hydroxylation is 1. The maximum Gasteiger partial charge on any atom is 0.108 e. The largest absolute Gasteiger partial charge is 0.544 e. The topological polar surface area (TPSA) is 60.7 Å². The van der Waals surface area contributed by atoms with Gasteiger partial charge in [0.15, 0.2) is 0 Å². The highest BCUT2D eigenvalue weighted by Gasteiger charge is 2.23. The van der Waals surface area contributed by atoms with Gasteiger partial charge in [0.05, 0.1) is 43.2 Å².